The molecule has 0 aliphatic carbocycles. The molecular formula is C110H75B2Br3O4. The second-order valence-corrected chi connectivity index (χ2v) is 32.6. The van der Waals surface area contributed by atoms with E-state index in [0.29, 0.717) is 10.9 Å². The van der Waals surface area contributed by atoms with Crippen LogP contribution in [0.2, 0.25) is 0 Å². The summed E-state index contributed by atoms with van der Waals surface area (Å²) in [5.74, 6) is 0. The van der Waals surface area contributed by atoms with Crippen molar-refractivity contribution in [1.29, 1.82) is 0 Å². The van der Waals surface area contributed by atoms with Crippen LogP contribution in [0.5, 0.6) is 0 Å². The Hall–Kier alpha value is -12.9. The van der Waals surface area contributed by atoms with Gasteiger partial charge < -0.3 is 20.1 Å². The van der Waals surface area contributed by atoms with Crippen LogP contribution in [0.4, 0.5) is 0 Å². The average Bonchev–Trinajstić information content (AvgIpc) is 0.774. The molecule has 22 aromatic rings. The van der Waals surface area contributed by atoms with Gasteiger partial charge in [-0.05, 0) is 269 Å². The van der Waals surface area contributed by atoms with E-state index in [2.05, 4.69) is 388 Å². The van der Waals surface area contributed by atoms with Crippen molar-refractivity contribution in [3.05, 3.63) is 444 Å². The molecule has 22 aromatic carbocycles. The molecule has 0 saturated heterocycles. The molecule has 0 aliphatic rings. The van der Waals surface area contributed by atoms with Gasteiger partial charge in [0, 0.05) is 13.4 Å². The van der Waals surface area contributed by atoms with Crippen LogP contribution in [0.15, 0.2) is 444 Å². The average molecular weight is 1720 g/mol. The van der Waals surface area contributed by atoms with Gasteiger partial charge in [-0.15, -0.1) is 0 Å². The van der Waals surface area contributed by atoms with Gasteiger partial charge in [0.15, 0.2) is 0 Å². The highest BCUT2D eigenvalue weighted by Crippen LogP contribution is 2.40. The minimum absolute atomic E-state index is 0.505. The molecule has 0 amide bonds. The van der Waals surface area contributed by atoms with Crippen molar-refractivity contribution in [3.8, 4) is 66.8 Å². The van der Waals surface area contributed by atoms with Gasteiger partial charge in [0.2, 0.25) is 0 Å². The van der Waals surface area contributed by atoms with Gasteiger partial charge >= 0.3 is 14.2 Å². The van der Waals surface area contributed by atoms with Crippen LogP contribution in [0, 0.1) is 0 Å². The fourth-order valence-corrected chi connectivity index (χ4v) is 17.6. The van der Waals surface area contributed by atoms with Crippen molar-refractivity contribution in [1.82, 2.24) is 0 Å². The molecule has 0 aromatic heterocycles. The molecule has 0 radical (unpaired) electrons. The summed E-state index contributed by atoms with van der Waals surface area (Å²) >= 11 is 10.6. The first kappa shape index (κ1) is 77.3. The Morgan fingerprint density at radius 3 is 0.765 bits per heavy atom. The molecule has 22 rings (SSSR count). The Balaban J connectivity index is 0.000000109. The summed E-state index contributed by atoms with van der Waals surface area (Å²) in [5, 5.41) is 63.9. The standard InChI is InChI=1S/C40H26.C30H19Br.C16H13BO2.C14H8Br2.C10H9BO2/c1-2-9-29-23-31(16-15-27(29)7-1)33-20-22-40-36(26-33)18-17-35-25-32(19-21-39(35)40)30-11-5-12-34(24-30)38-14-6-10-28-8-3-4-13-37(28)38;31-26-14-16-30-25(19-26)12-11-24-18-22(13-15-29(24)30)21-7-3-8-23(17-21)28-10-4-6-20-5-1-2-9-27(20)28;18-17(19)14-8-3-7-13(11-14)16-10-4-6-12-5-1-2-9-15(12)16;15-11-3-5-13-9(7-11)1-2-10-8-12(16)4-6-14(10)13;12-11(13)10-6-5-8-3-1-2-4-9(8)7-10/h1-26H;1-19H;1-11,18-19H;1-8H;1-7,12-13H. The third kappa shape index (κ3) is 16.9. The molecule has 119 heavy (non-hydrogen) atoms. The smallest absolute Gasteiger partial charge is 0.423 e. The van der Waals surface area contributed by atoms with Crippen LogP contribution < -0.4 is 10.9 Å². The zero-order valence-corrected chi connectivity index (χ0v) is 69.3. The van der Waals surface area contributed by atoms with E-state index in [1.54, 1.807) is 18.2 Å². The van der Waals surface area contributed by atoms with Crippen molar-refractivity contribution in [2.75, 3.05) is 0 Å². The topological polar surface area (TPSA) is 80.9 Å². The van der Waals surface area contributed by atoms with E-state index in [-0.39, 0.29) is 0 Å². The van der Waals surface area contributed by atoms with E-state index in [0.717, 1.165) is 40.7 Å². The molecule has 0 fully saturated rings. The maximum atomic E-state index is 9.26. The van der Waals surface area contributed by atoms with Crippen molar-refractivity contribution < 1.29 is 20.1 Å². The molecule has 0 unspecified atom stereocenters. The van der Waals surface area contributed by atoms with E-state index < -0.39 is 14.2 Å². The van der Waals surface area contributed by atoms with Crippen molar-refractivity contribution >= 4 is 191 Å². The molecule has 0 spiro atoms. The van der Waals surface area contributed by atoms with E-state index in [9.17, 15) is 10.0 Å². The van der Waals surface area contributed by atoms with Gasteiger partial charge in [-0.3, -0.25) is 0 Å². The lowest BCUT2D eigenvalue weighted by Gasteiger charge is -2.11. The number of fused-ring (bicyclic) bond motifs is 14. The number of hydrogen-bond acceptors (Lipinski definition) is 4. The quantitative estimate of drug-likeness (QED) is 0.0903. The molecular weight excluding hydrogens is 1650 g/mol. The van der Waals surface area contributed by atoms with Gasteiger partial charge in [-0.25, -0.2) is 0 Å². The molecule has 0 aliphatic heterocycles. The summed E-state index contributed by atoms with van der Waals surface area (Å²) in [5.41, 5.74) is 15.6. The van der Waals surface area contributed by atoms with Gasteiger partial charge in [-0.2, -0.15) is 0 Å². The molecule has 566 valence electrons. The summed E-state index contributed by atoms with van der Waals surface area (Å²) in [6.45, 7) is 0. The fraction of sp³-hybridized carbons (Fsp3) is 0. The lowest BCUT2D eigenvalue weighted by atomic mass is 9.79. The predicted molar refractivity (Wildman–Crippen MR) is 520 cm³/mol. The summed E-state index contributed by atoms with van der Waals surface area (Å²) in [6, 6.07) is 151. The van der Waals surface area contributed by atoms with Crippen LogP contribution in [0.25, 0.3) is 185 Å². The summed E-state index contributed by atoms with van der Waals surface area (Å²) in [6.07, 6.45) is 0. The Labute approximate surface area is 716 Å². The second kappa shape index (κ2) is 34.7. The number of benzene rings is 22. The Kier molecular flexibility index (Phi) is 22.6. The molecule has 9 heteroatoms. The van der Waals surface area contributed by atoms with E-state index in [1.165, 1.54) is 158 Å². The Bertz CT molecular complexity index is 7520. The van der Waals surface area contributed by atoms with Crippen LogP contribution in [0.1, 0.15) is 0 Å². The maximum Gasteiger partial charge on any atom is 0.488 e. The molecule has 4 nitrogen and oxygen atoms in total. The minimum Gasteiger partial charge on any atom is -0.423 e. The maximum absolute atomic E-state index is 9.26. The van der Waals surface area contributed by atoms with Crippen LogP contribution in [-0.2, 0) is 0 Å². The predicted octanol–water partition coefficient (Wildman–Crippen LogP) is 28.8. The van der Waals surface area contributed by atoms with E-state index in [1.807, 2.05) is 72.8 Å². The first-order chi connectivity index (χ1) is 58.3. The fourth-order valence-electron chi connectivity index (χ4n) is 16.4. The van der Waals surface area contributed by atoms with Gasteiger partial charge in [0.1, 0.15) is 0 Å². The largest absolute Gasteiger partial charge is 0.488 e. The van der Waals surface area contributed by atoms with Crippen LogP contribution >= 0.6 is 47.8 Å². The first-order valence-electron chi connectivity index (χ1n) is 39.6. The zero-order chi connectivity index (χ0) is 80.9. The molecule has 0 saturated carbocycles. The van der Waals surface area contributed by atoms with E-state index >= 15 is 0 Å². The summed E-state index contributed by atoms with van der Waals surface area (Å²) in [7, 11) is -2.82. The Morgan fingerprint density at radius 2 is 0.387 bits per heavy atom. The summed E-state index contributed by atoms with van der Waals surface area (Å²) in [4.78, 5) is 0. The SMILES string of the molecule is Brc1ccc2c(ccc3cc(-c4cccc(-c5cccc6ccccc56)c4)ccc32)c1.Brc1ccc2c(ccc3cc(Br)ccc32)c1.OB(O)c1ccc2ccccc2c1.OB(O)c1cccc(-c2cccc3ccccc23)c1.c1cc(-c2ccc3c(ccc4cc(-c5ccc6ccccc6c5)ccc43)c2)cc(-c2cccc3ccccc23)c1. The highest BCUT2D eigenvalue weighted by atomic mass is 79.9. The number of hydrogen-bond donors (Lipinski definition) is 4. The minimum atomic E-state index is -1.44. The first-order valence-corrected chi connectivity index (χ1v) is 42.0. The van der Waals surface area contributed by atoms with Gasteiger partial charge in [0.25, 0.3) is 0 Å². The zero-order valence-electron chi connectivity index (χ0n) is 64.6. The second-order valence-electron chi connectivity index (χ2n) is 29.9. The normalized spacial score (nSPS) is 11.2. The van der Waals surface area contributed by atoms with E-state index in [4.69, 9.17) is 10.0 Å². The van der Waals surface area contributed by atoms with Gasteiger partial charge in [0.05, 0.1) is 0 Å². The van der Waals surface area contributed by atoms with Crippen LogP contribution in [0.3, 0.4) is 0 Å². The summed E-state index contributed by atoms with van der Waals surface area (Å²) < 4.78 is 3.36. The third-order valence-corrected chi connectivity index (χ3v) is 23.9. The molecule has 0 heterocycles. The van der Waals surface area contributed by atoms with Crippen molar-refractivity contribution in [2.45, 2.75) is 0 Å². The highest BCUT2D eigenvalue weighted by Gasteiger charge is 2.16. The highest BCUT2D eigenvalue weighted by molar-refractivity contribution is 9.11. The van der Waals surface area contributed by atoms with Crippen molar-refractivity contribution in [2.24, 2.45) is 0 Å². The molecule has 0 atom stereocenters. The lowest BCUT2D eigenvalue weighted by molar-refractivity contribution is 0.424. The number of rotatable bonds is 8. The molecule has 4 N–H and O–H groups in total. The van der Waals surface area contributed by atoms with Crippen LogP contribution in [-0.4, -0.2) is 34.3 Å². The third-order valence-electron chi connectivity index (χ3n) is 22.4. The Morgan fingerprint density at radius 1 is 0.143 bits per heavy atom. The lowest BCUT2D eigenvalue weighted by Crippen LogP contribution is -2.29. The van der Waals surface area contributed by atoms with Gasteiger partial charge in [-0.1, -0.05) is 406 Å². The number of halogens is 3. The monoisotopic (exact) mass is 1720 g/mol. The molecule has 0 bridgehead atoms. The van der Waals surface area contributed by atoms with Crippen molar-refractivity contribution in [3.63, 3.8) is 0 Å².